The maximum absolute atomic E-state index is 12.1. The number of rotatable bonds is 7. The molecule has 0 fully saturated rings. The van der Waals surface area contributed by atoms with Gasteiger partial charge in [-0.3, -0.25) is 9.78 Å². The largest absolute Gasteiger partial charge is 0.355 e. The first-order chi connectivity index (χ1) is 11.0. The highest BCUT2D eigenvalue weighted by atomic mass is 16.1. The van der Waals surface area contributed by atoms with Crippen molar-refractivity contribution in [3.63, 3.8) is 0 Å². The Morgan fingerprint density at radius 3 is 2.57 bits per heavy atom. The van der Waals surface area contributed by atoms with Gasteiger partial charge in [0.25, 0.3) is 5.91 Å². The Morgan fingerprint density at radius 2 is 1.87 bits per heavy atom. The summed E-state index contributed by atoms with van der Waals surface area (Å²) in [6, 6.07) is 11.7. The van der Waals surface area contributed by atoms with Crippen LogP contribution in [0.1, 0.15) is 22.5 Å². The molecule has 5 nitrogen and oxygen atoms in total. The molecule has 2 N–H and O–H groups in total. The number of amides is 1. The fourth-order valence-electron chi connectivity index (χ4n) is 2.12. The van der Waals surface area contributed by atoms with Crippen molar-refractivity contribution in [1.82, 2.24) is 15.2 Å². The number of hydrogen-bond acceptors (Lipinski definition) is 4. The lowest BCUT2D eigenvalue weighted by atomic mass is 10.2. The van der Waals surface area contributed by atoms with Crippen molar-refractivity contribution in [2.45, 2.75) is 13.3 Å². The molecule has 1 heterocycles. The maximum atomic E-state index is 12.1. The zero-order chi connectivity index (χ0) is 16.7. The minimum atomic E-state index is -0.142. The van der Waals surface area contributed by atoms with Crippen LogP contribution in [0.25, 0.3) is 0 Å². The predicted molar refractivity (Wildman–Crippen MR) is 94.2 cm³/mol. The van der Waals surface area contributed by atoms with E-state index < -0.39 is 0 Å². The topological polar surface area (TPSA) is 57.3 Å². The van der Waals surface area contributed by atoms with Gasteiger partial charge in [0, 0.05) is 24.1 Å². The van der Waals surface area contributed by atoms with Crippen molar-refractivity contribution in [2.75, 3.05) is 32.5 Å². The molecule has 1 aromatic carbocycles. The summed E-state index contributed by atoms with van der Waals surface area (Å²) in [5.41, 5.74) is 3.47. The van der Waals surface area contributed by atoms with Crippen molar-refractivity contribution in [3.8, 4) is 0 Å². The summed E-state index contributed by atoms with van der Waals surface area (Å²) in [5.74, 6) is -0.142. The summed E-state index contributed by atoms with van der Waals surface area (Å²) >= 11 is 0. The first-order valence-corrected chi connectivity index (χ1v) is 7.77. The number of nitrogens with zero attached hydrogens (tertiary/aromatic N) is 2. The van der Waals surface area contributed by atoms with E-state index in [9.17, 15) is 4.79 Å². The van der Waals surface area contributed by atoms with Gasteiger partial charge in [-0.05, 0) is 58.3 Å². The standard InChI is InChI=1S/C18H24N4O/c1-14-5-7-15(8-6-14)21-16-9-11-19-17(13-16)18(23)20-10-4-12-22(2)3/h5-9,11,13H,4,10,12H2,1-3H3,(H,19,21)(H,20,23). The molecule has 23 heavy (non-hydrogen) atoms. The molecule has 2 rings (SSSR count). The lowest BCUT2D eigenvalue weighted by molar-refractivity contribution is 0.0947. The summed E-state index contributed by atoms with van der Waals surface area (Å²) in [4.78, 5) is 18.4. The average Bonchev–Trinajstić information content (AvgIpc) is 2.54. The summed E-state index contributed by atoms with van der Waals surface area (Å²) in [7, 11) is 4.03. The Labute approximate surface area is 137 Å². The highest BCUT2D eigenvalue weighted by molar-refractivity contribution is 5.93. The first-order valence-electron chi connectivity index (χ1n) is 7.77. The molecular weight excluding hydrogens is 288 g/mol. The lowest BCUT2D eigenvalue weighted by Gasteiger charge is -2.10. The number of pyridine rings is 1. The van der Waals surface area contributed by atoms with Crippen LogP contribution in [-0.2, 0) is 0 Å². The maximum Gasteiger partial charge on any atom is 0.269 e. The van der Waals surface area contributed by atoms with E-state index in [2.05, 4.69) is 27.4 Å². The summed E-state index contributed by atoms with van der Waals surface area (Å²) in [5, 5.41) is 6.18. The molecular formula is C18H24N4O. The zero-order valence-electron chi connectivity index (χ0n) is 14.0. The van der Waals surface area contributed by atoms with E-state index in [-0.39, 0.29) is 5.91 Å². The van der Waals surface area contributed by atoms with Crippen molar-refractivity contribution >= 4 is 17.3 Å². The van der Waals surface area contributed by atoms with E-state index in [0.29, 0.717) is 12.2 Å². The monoisotopic (exact) mass is 312 g/mol. The molecule has 0 aliphatic heterocycles. The molecule has 0 radical (unpaired) electrons. The van der Waals surface area contributed by atoms with E-state index in [0.717, 1.165) is 24.3 Å². The molecule has 0 saturated heterocycles. The third-order valence-electron chi connectivity index (χ3n) is 3.40. The van der Waals surface area contributed by atoms with Gasteiger partial charge in [0.2, 0.25) is 0 Å². The summed E-state index contributed by atoms with van der Waals surface area (Å²) < 4.78 is 0. The second-order valence-electron chi connectivity index (χ2n) is 5.83. The van der Waals surface area contributed by atoms with Gasteiger partial charge >= 0.3 is 0 Å². The molecule has 1 aromatic heterocycles. The Kier molecular flexibility index (Phi) is 6.11. The number of anilines is 2. The quantitative estimate of drug-likeness (QED) is 0.772. The molecule has 0 aliphatic carbocycles. The minimum Gasteiger partial charge on any atom is -0.355 e. The van der Waals surface area contributed by atoms with E-state index in [4.69, 9.17) is 0 Å². The first kappa shape index (κ1) is 17.0. The zero-order valence-corrected chi connectivity index (χ0v) is 14.0. The van der Waals surface area contributed by atoms with Gasteiger partial charge < -0.3 is 15.5 Å². The van der Waals surface area contributed by atoms with Gasteiger partial charge in [0.05, 0.1) is 0 Å². The van der Waals surface area contributed by atoms with Gasteiger partial charge in [-0.25, -0.2) is 0 Å². The second kappa shape index (κ2) is 8.29. The fraction of sp³-hybridized carbons (Fsp3) is 0.333. The van der Waals surface area contributed by atoms with Gasteiger partial charge in [-0.1, -0.05) is 17.7 Å². The Bertz CT molecular complexity index is 638. The van der Waals surface area contributed by atoms with Gasteiger partial charge in [0.15, 0.2) is 0 Å². The van der Waals surface area contributed by atoms with Crippen LogP contribution in [0.3, 0.4) is 0 Å². The fourth-order valence-corrected chi connectivity index (χ4v) is 2.12. The average molecular weight is 312 g/mol. The molecule has 0 unspecified atom stereocenters. The molecule has 0 saturated carbocycles. The van der Waals surface area contributed by atoms with Crippen LogP contribution < -0.4 is 10.6 Å². The van der Waals surface area contributed by atoms with Gasteiger partial charge in [0.1, 0.15) is 5.69 Å². The Balaban J connectivity index is 1.93. The van der Waals surface area contributed by atoms with Gasteiger partial charge in [-0.2, -0.15) is 0 Å². The Hall–Kier alpha value is -2.40. The highest BCUT2D eigenvalue weighted by Gasteiger charge is 2.07. The Morgan fingerprint density at radius 1 is 1.13 bits per heavy atom. The van der Waals surface area contributed by atoms with Crippen LogP contribution in [0, 0.1) is 6.92 Å². The van der Waals surface area contributed by atoms with Crippen LogP contribution in [0.2, 0.25) is 0 Å². The van der Waals surface area contributed by atoms with E-state index in [1.807, 2.05) is 44.4 Å². The molecule has 122 valence electrons. The normalized spacial score (nSPS) is 10.6. The minimum absolute atomic E-state index is 0.142. The van der Waals surface area contributed by atoms with Gasteiger partial charge in [-0.15, -0.1) is 0 Å². The molecule has 0 spiro atoms. The predicted octanol–water partition coefficient (Wildman–Crippen LogP) is 2.82. The van der Waals surface area contributed by atoms with E-state index in [1.54, 1.807) is 12.3 Å². The molecule has 5 heteroatoms. The number of carbonyl (C=O) groups is 1. The van der Waals surface area contributed by atoms with Crippen molar-refractivity contribution in [3.05, 3.63) is 53.9 Å². The van der Waals surface area contributed by atoms with E-state index >= 15 is 0 Å². The third-order valence-corrected chi connectivity index (χ3v) is 3.40. The lowest BCUT2D eigenvalue weighted by Crippen LogP contribution is -2.27. The number of aryl methyl sites for hydroxylation is 1. The van der Waals surface area contributed by atoms with Crippen molar-refractivity contribution in [2.24, 2.45) is 0 Å². The highest BCUT2D eigenvalue weighted by Crippen LogP contribution is 2.17. The molecule has 2 aromatic rings. The SMILES string of the molecule is Cc1ccc(Nc2ccnc(C(=O)NCCCN(C)C)c2)cc1. The molecule has 1 amide bonds. The van der Waals surface area contributed by atoms with Crippen LogP contribution in [-0.4, -0.2) is 43.0 Å². The second-order valence-corrected chi connectivity index (χ2v) is 5.83. The van der Waals surface area contributed by atoms with Crippen LogP contribution in [0.5, 0.6) is 0 Å². The van der Waals surface area contributed by atoms with Crippen molar-refractivity contribution < 1.29 is 4.79 Å². The van der Waals surface area contributed by atoms with Crippen LogP contribution in [0.4, 0.5) is 11.4 Å². The van der Waals surface area contributed by atoms with E-state index in [1.165, 1.54) is 5.56 Å². The number of benzene rings is 1. The van der Waals surface area contributed by atoms with Crippen LogP contribution in [0.15, 0.2) is 42.6 Å². The van der Waals surface area contributed by atoms with Crippen LogP contribution >= 0.6 is 0 Å². The third kappa shape index (κ3) is 5.71. The number of hydrogen-bond donors (Lipinski definition) is 2. The van der Waals surface area contributed by atoms with Crippen molar-refractivity contribution in [1.29, 1.82) is 0 Å². The summed E-state index contributed by atoms with van der Waals surface area (Å²) in [6.07, 6.45) is 2.56. The molecule has 0 aliphatic rings. The molecule has 0 bridgehead atoms. The number of nitrogens with one attached hydrogen (secondary N) is 2. The summed E-state index contributed by atoms with van der Waals surface area (Å²) in [6.45, 7) is 3.64. The number of carbonyl (C=O) groups excluding carboxylic acids is 1. The smallest absolute Gasteiger partial charge is 0.269 e. The molecule has 0 atom stereocenters. The number of aromatic nitrogens is 1.